The Balaban J connectivity index is 0.00000149. The number of pyridine rings is 1. The molecule has 2 aromatic heterocycles. The van der Waals surface area contributed by atoms with E-state index in [9.17, 15) is 13.6 Å². The standard InChI is InChI=1S/C23H24F2N4O2.CH4S/c1-15-18(19-14-26-16(2)31-19)13-27-21(29-11-6-9-23(24,25)10-12-29)20(15)22(30)28-17-7-4-3-5-8-17;1-2/h3-5,7-8,13-14H,6,9-12H2,1-2H3,(H,28,30);2H,1H3. The van der Waals surface area contributed by atoms with Crippen molar-refractivity contribution >= 4 is 30.0 Å². The maximum Gasteiger partial charge on any atom is 0.259 e. The third-order valence-electron chi connectivity index (χ3n) is 5.48. The Morgan fingerprint density at radius 2 is 1.82 bits per heavy atom. The average molecular weight is 475 g/mol. The molecular formula is C24H28F2N4O2S. The molecular weight excluding hydrogens is 446 g/mol. The number of carbonyl (C=O) groups excluding carboxylic acids is 1. The van der Waals surface area contributed by atoms with Crippen LogP contribution in [0.4, 0.5) is 20.3 Å². The second-order valence-electron chi connectivity index (χ2n) is 7.76. The molecule has 4 rings (SSSR count). The van der Waals surface area contributed by atoms with Gasteiger partial charge in [-0.1, -0.05) is 18.2 Å². The molecule has 0 spiro atoms. The zero-order valence-electron chi connectivity index (χ0n) is 18.9. The van der Waals surface area contributed by atoms with Crippen molar-refractivity contribution in [1.29, 1.82) is 0 Å². The first-order valence-electron chi connectivity index (χ1n) is 10.7. The summed E-state index contributed by atoms with van der Waals surface area (Å²) in [6.07, 6.45) is 4.80. The van der Waals surface area contributed by atoms with Crippen molar-refractivity contribution in [2.24, 2.45) is 0 Å². The number of hydrogen-bond donors (Lipinski definition) is 2. The predicted octanol–water partition coefficient (Wildman–Crippen LogP) is 5.78. The van der Waals surface area contributed by atoms with E-state index in [1.54, 1.807) is 42.6 Å². The summed E-state index contributed by atoms with van der Waals surface area (Å²) in [6.45, 7) is 4.09. The number of aromatic nitrogens is 2. The highest BCUT2D eigenvalue weighted by molar-refractivity contribution is 7.79. The highest BCUT2D eigenvalue weighted by Gasteiger charge is 2.33. The van der Waals surface area contributed by atoms with Crippen LogP contribution in [-0.4, -0.2) is 41.1 Å². The number of benzene rings is 1. The van der Waals surface area contributed by atoms with E-state index in [-0.39, 0.29) is 25.3 Å². The van der Waals surface area contributed by atoms with Crippen molar-refractivity contribution in [3.63, 3.8) is 0 Å². The highest BCUT2D eigenvalue weighted by atomic mass is 32.1. The molecule has 1 aliphatic rings. The minimum atomic E-state index is -2.70. The summed E-state index contributed by atoms with van der Waals surface area (Å²) in [7, 11) is 0. The molecule has 3 heterocycles. The molecule has 176 valence electrons. The van der Waals surface area contributed by atoms with Crippen LogP contribution in [0, 0.1) is 13.8 Å². The molecule has 0 radical (unpaired) electrons. The Morgan fingerprint density at radius 1 is 1.09 bits per heavy atom. The van der Waals surface area contributed by atoms with Crippen LogP contribution in [-0.2, 0) is 0 Å². The number of rotatable bonds is 4. The lowest BCUT2D eigenvalue weighted by atomic mass is 10.0. The summed E-state index contributed by atoms with van der Waals surface area (Å²) in [5, 5.41) is 2.89. The maximum absolute atomic E-state index is 13.9. The average Bonchev–Trinajstić information content (AvgIpc) is 3.14. The van der Waals surface area contributed by atoms with Crippen LogP contribution in [0.3, 0.4) is 0 Å². The van der Waals surface area contributed by atoms with Crippen molar-refractivity contribution in [2.75, 3.05) is 29.6 Å². The molecule has 1 aliphatic heterocycles. The second kappa shape index (κ2) is 10.8. The number of thiol groups is 1. The van der Waals surface area contributed by atoms with Crippen molar-refractivity contribution in [1.82, 2.24) is 9.97 Å². The van der Waals surface area contributed by atoms with Crippen LogP contribution in [0.15, 0.2) is 47.1 Å². The molecule has 0 bridgehead atoms. The summed E-state index contributed by atoms with van der Waals surface area (Å²) in [4.78, 5) is 23.8. The van der Waals surface area contributed by atoms with Gasteiger partial charge in [-0.15, -0.1) is 0 Å². The van der Waals surface area contributed by atoms with Gasteiger partial charge in [0.1, 0.15) is 5.82 Å². The first-order valence-corrected chi connectivity index (χ1v) is 11.6. The van der Waals surface area contributed by atoms with E-state index in [0.29, 0.717) is 52.8 Å². The lowest BCUT2D eigenvalue weighted by Gasteiger charge is -2.25. The predicted molar refractivity (Wildman–Crippen MR) is 130 cm³/mol. The molecule has 0 unspecified atom stereocenters. The summed E-state index contributed by atoms with van der Waals surface area (Å²) in [6, 6.07) is 9.09. The largest absolute Gasteiger partial charge is 0.441 e. The number of halogens is 2. The van der Waals surface area contributed by atoms with E-state index in [0.717, 1.165) is 0 Å². The number of aryl methyl sites for hydroxylation is 1. The first kappa shape index (κ1) is 24.7. The van der Waals surface area contributed by atoms with Crippen molar-refractivity contribution in [2.45, 2.75) is 39.0 Å². The second-order valence-corrected chi connectivity index (χ2v) is 7.76. The summed E-state index contributed by atoms with van der Waals surface area (Å²) >= 11 is 3.53. The van der Waals surface area contributed by atoms with Crippen LogP contribution >= 0.6 is 12.6 Å². The van der Waals surface area contributed by atoms with Gasteiger partial charge in [-0.25, -0.2) is 18.7 Å². The minimum absolute atomic E-state index is 0.131. The van der Waals surface area contributed by atoms with Gasteiger partial charge in [0.15, 0.2) is 11.7 Å². The molecule has 0 atom stereocenters. The Labute approximate surface area is 197 Å². The van der Waals surface area contributed by atoms with Crippen molar-refractivity contribution < 1.29 is 18.0 Å². The van der Waals surface area contributed by atoms with Gasteiger partial charge in [0.05, 0.1) is 11.8 Å². The van der Waals surface area contributed by atoms with Crippen molar-refractivity contribution in [3.8, 4) is 11.3 Å². The van der Waals surface area contributed by atoms with Gasteiger partial charge < -0.3 is 14.6 Å². The lowest BCUT2D eigenvalue weighted by molar-refractivity contribution is -0.0102. The number of nitrogens with one attached hydrogen (secondary N) is 1. The third kappa shape index (κ3) is 5.90. The Hall–Kier alpha value is -2.94. The lowest BCUT2D eigenvalue weighted by Crippen LogP contribution is -2.30. The molecule has 1 saturated heterocycles. The van der Waals surface area contributed by atoms with Gasteiger partial charge >= 0.3 is 0 Å². The van der Waals surface area contributed by atoms with Crippen LogP contribution in [0.2, 0.25) is 0 Å². The van der Waals surface area contributed by atoms with Crippen molar-refractivity contribution in [3.05, 3.63) is 59.7 Å². The smallest absolute Gasteiger partial charge is 0.259 e. The van der Waals surface area contributed by atoms with E-state index in [2.05, 4.69) is 27.9 Å². The molecule has 33 heavy (non-hydrogen) atoms. The van der Waals surface area contributed by atoms with E-state index >= 15 is 0 Å². The van der Waals surface area contributed by atoms with Gasteiger partial charge in [-0.2, -0.15) is 12.6 Å². The van der Waals surface area contributed by atoms with E-state index < -0.39 is 5.92 Å². The number of amides is 1. The monoisotopic (exact) mass is 474 g/mol. The third-order valence-corrected chi connectivity index (χ3v) is 5.48. The maximum atomic E-state index is 13.9. The molecule has 1 aromatic carbocycles. The summed E-state index contributed by atoms with van der Waals surface area (Å²) in [5.74, 6) is -1.63. The SMILES string of the molecule is CS.Cc1ncc(-c2cnc(N3CCCC(F)(F)CC3)c(C(=O)Nc3ccccc3)c2C)o1. The molecule has 0 aliphatic carbocycles. The van der Waals surface area contributed by atoms with Crippen LogP contribution in [0.5, 0.6) is 0 Å². The van der Waals surface area contributed by atoms with Gasteiger partial charge in [0, 0.05) is 50.3 Å². The van der Waals surface area contributed by atoms with E-state index in [4.69, 9.17) is 4.42 Å². The number of para-hydroxylation sites is 1. The zero-order valence-corrected chi connectivity index (χ0v) is 19.8. The molecule has 6 nitrogen and oxygen atoms in total. The number of hydrogen-bond acceptors (Lipinski definition) is 6. The fraction of sp³-hybridized carbons (Fsp3) is 0.375. The van der Waals surface area contributed by atoms with Crippen LogP contribution in [0.1, 0.15) is 41.1 Å². The molecule has 1 N–H and O–H groups in total. The minimum Gasteiger partial charge on any atom is -0.441 e. The number of carbonyl (C=O) groups is 1. The van der Waals surface area contributed by atoms with E-state index in [1.165, 1.54) is 0 Å². The number of oxazole rings is 1. The van der Waals surface area contributed by atoms with Gasteiger partial charge in [-0.05, 0) is 37.3 Å². The molecule has 3 aromatic rings. The fourth-order valence-corrected chi connectivity index (χ4v) is 3.83. The Bertz CT molecular complexity index is 1090. The van der Waals surface area contributed by atoms with Gasteiger partial charge in [0.2, 0.25) is 5.92 Å². The first-order chi connectivity index (χ1) is 15.8. The van der Waals surface area contributed by atoms with Crippen LogP contribution < -0.4 is 10.2 Å². The Morgan fingerprint density at radius 3 is 2.48 bits per heavy atom. The van der Waals surface area contributed by atoms with Gasteiger partial charge in [0.25, 0.3) is 5.91 Å². The highest BCUT2D eigenvalue weighted by Crippen LogP contribution is 2.34. The molecule has 9 heteroatoms. The molecule has 0 saturated carbocycles. The number of anilines is 2. The summed E-state index contributed by atoms with van der Waals surface area (Å²) in [5.41, 5.74) is 2.29. The molecule has 1 fully saturated rings. The zero-order chi connectivity index (χ0) is 24.0. The normalized spacial score (nSPS) is 15.3. The summed E-state index contributed by atoms with van der Waals surface area (Å²) < 4.78 is 33.5. The van der Waals surface area contributed by atoms with E-state index in [1.807, 2.05) is 25.1 Å². The Kier molecular flexibility index (Phi) is 8.07. The number of nitrogens with zero attached hydrogens (tertiary/aromatic N) is 3. The fourth-order valence-electron chi connectivity index (χ4n) is 3.83. The van der Waals surface area contributed by atoms with Crippen LogP contribution in [0.25, 0.3) is 11.3 Å². The van der Waals surface area contributed by atoms with Gasteiger partial charge in [-0.3, -0.25) is 4.79 Å². The quantitative estimate of drug-likeness (QED) is 0.469. The topological polar surface area (TPSA) is 71.3 Å². The number of alkyl halides is 2. The molecule has 1 amide bonds.